The highest BCUT2D eigenvalue weighted by molar-refractivity contribution is 5.93. The average molecular weight is 222 g/mol. The predicted molar refractivity (Wildman–Crippen MR) is 55.4 cm³/mol. The Morgan fingerprint density at radius 1 is 1.25 bits per heavy atom. The molecular formula is C12H14O4. The first-order valence-corrected chi connectivity index (χ1v) is 5.39. The van der Waals surface area contributed by atoms with E-state index in [1.165, 1.54) is 14.2 Å². The van der Waals surface area contributed by atoms with Gasteiger partial charge in [-0.2, -0.15) is 0 Å². The van der Waals surface area contributed by atoms with E-state index in [9.17, 15) is 4.79 Å². The number of Topliss-reactive ketones (excluding diaryl/α,β-unsaturated/α-hetero) is 1. The summed E-state index contributed by atoms with van der Waals surface area (Å²) in [6.45, 7) is 0. The van der Waals surface area contributed by atoms with E-state index in [2.05, 4.69) is 0 Å². The molecule has 1 fully saturated rings. The zero-order valence-corrected chi connectivity index (χ0v) is 9.25. The van der Waals surface area contributed by atoms with Crippen LogP contribution in [0, 0.1) is 17.8 Å². The topological polar surface area (TPSA) is 44.8 Å². The van der Waals surface area contributed by atoms with Gasteiger partial charge in [-0.1, -0.05) is 12.2 Å². The van der Waals surface area contributed by atoms with Gasteiger partial charge in [0.2, 0.25) is 5.79 Å². The van der Waals surface area contributed by atoms with E-state index in [4.69, 9.17) is 14.2 Å². The molecule has 4 rings (SSSR count). The van der Waals surface area contributed by atoms with E-state index < -0.39 is 5.79 Å². The van der Waals surface area contributed by atoms with Gasteiger partial charge in [0.1, 0.15) is 6.10 Å². The molecule has 1 saturated carbocycles. The van der Waals surface area contributed by atoms with Crippen LogP contribution in [0.4, 0.5) is 0 Å². The van der Waals surface area contributed by atoms with Gasteiger partial charge in [-0.15, -0.1) is 0 Å². The number of carbonyl (C=O) groups is 1. The van der Waals surface area contributed by atoms with Gasteiger partial charge in [0.05, 0.1) is 18.1 Å². The van der Waals surface area contributed by atoms with Gasteiger partial charge < -0.3 is 14.2 Å². The van der Waals surface area contributed by atoms with Crippen LogP contribution in [0.2, 0.25) is 0 Å². The Hall–Kier alpha value is -1.13. The Morgan fingerprint density at radius 3 is 2.69 bits per heavy atom. The average Bonchev–Trinajstić information content (AvgIpc) is 2.80. The molecule has 1 aliphatic heterocycles. The number of allylic oxidation sites excluding steroid dienone is 1. The number of rotatable bonds is 2. The maximum atomic E-state index is 12.3. The molecule has 4 heteroatoms. The molecule has 0 aromatic rings. The van der Waals surface area contributed by atoms with Crippen LogP contribution < -0.4 is 0 Å². The predicted octanol–water partition coefficient (Wildman–Crippen LogP) is 0.889. The van der Waals surface area contributed by atoms with Gasteiger partial charge in [0, 0.05) is 20.1 Å². The molecule has 2 bridgehead atoms. The fraction of sp³-hybridized carbons (Fsp3) is 0.583. The van der Waals surface area contributed by atoms with Crippen molar-refractivity contribution in [3.8, 4) is 0 Å². The SMILES string of the molecule is COC1(OC)C(=O)[C@@H]2C=C[C@H]1[C@H]1OC=C[C@H]12. The van der Waals surface area contributed by atoms with Crippen LogP contribution in [-0.4, -0.2) is 31.9 Å². The van der Waals surface area contributed by atoms with Crippen molar-refractivity contribution in [2.24, 2.45) is 17.8 Å². The molecule has 3 aliphatic carbocycles. The smallest absolute Gasteiger partial charge is 0.239 e. The molecule has 86 valence electrons. The second-order valence-electron chi connectivity index (χ2n) is 4.38. The first kappa shape index (κ1) is 10.1. The van der Waals surface area contributed by atoms with Crippen LogP contribution >= 0.6 is 0 Å². The summed E-state index contributed by atoms with van der Waals surface area (Å²) in [5.74, 6) is -1.37. The van der Waals surface area contributed by atoms with Crippen molar-refractivity contribution >= 4 is 5.78 Å². The summed E-state index contributed by atoms with van der Waals surface area (Å²) < 4.78 is 16.3. The number of hydrogen-bond acceptors (Lipinski definition) is 4. The minimum Gasteiger partial charge on any atom is -0.497 e. The third-order valence-corrected chi connectivity index (χ3v) is 3.90. The number of carbonyl (C=O) groups excluding carboxylic acids is 1. The maximum absolute atomic E-state index is 12.3. The van der Waals surface area contributed by atoms with E-state index in [-0.39, 0.29) is 29.6 Å². The van der Waals surface area contributed by atoms with Crippen LogP contribution in [0.3, 0.4) is 0 Å². The summed E-state index contributed by atoms with van der Waals surface area (Å²) in [4.78, 5) is 12.3. The standard InChI is InChI=1S/C12H14O4/c1-14-12(15-2)9-4-3-8(11(12)13)7-5-6-16-10(7)9/h3-10H,1-2H3/t7-,8+,9-,10-/m0/s1. The molecular weight excluding hydrogens is 208 g/mol. The summed E-state index contributed by atoms with van der Waals surface area (Å²) in [7, 11) is 3.01. The lowest BCUT2D eigenvalue weighted by molar-refractivity contribution is -0.252. The Bertz CT molecular complexity index is 380. The summed E-state index contributed by atoms with van der Waals surface area (Å²) in [6, 6.07) is 0. The molecule has 16 heavy (non-hydrogen) atoms. The first-order valence-electron chi connectivity index (χ1n) is 5.39. The van der Waals surface area contributed by atoms with Gasteiger partial charge in [-0.05, 0) is 6.08 Å². The number of fused-ring (bicyclic) bond motifs is 1. The van der Waals surface area contributed by atoms with Crippen molar-refractivity contribution in [1.82, 2.24) is 0 Å². The number of methoxy groups -OCH3 is 2. The summed E-state index contributed by atoms with van der Waals surface area (Å²) in [6.07, 6.45) is 7.53. The highest BCUT2D eigenvalue weighted by Gasteiger charge is 2.62. The lowest BCUT2D eigenvalue weighted by atomic mass is 9.63. The van der Waals surface area contributed by atoms with E-state index in [0.717, 1.165) is 0 Å². The fourth-order valence-electron chi connectivity index (χ4n) is 3.11. The van der Waals surface area contributed by atoms with Crippen molar-refractivity contribution in [3.05, 3.63) is 24.5 Å². The molecule has 4 aliphatic rings. The molecule has 0 aromatic heterocycles. The first-order chi connectivity index (χ1) is 7.74. The lowest BCUT2D eigenvalue weighted by Gasteiger charge is -2.49. The minimum atomic E-state index is -1.16. The Morgan fingerprint density at radius 2 is 2.00 bits per heavy atom. The molecule has 1 heterocycles. The summed E-state index contributed by atoms with van der Waals surface area (Å²) in [5.41, 5.74) is 0. The minimum absolute atomic E-state index is 0.00130. The van der Waals surface area contributed by atoms with Crippen molar-refractivity contribution in [2.75, 3.05) is 14.2 Å². The zero-order chi connectivity index (χ0) is 11.3. The third-order valence-electron chi connectivity index (χ3n) is 3.90. The highest BCUT2D eigenvalue weighted by Crippen LogP contribution is 2.49. The van der Waals surface area contributed by atoms with Crippen LogP contribution in [0.1, 0.15) is 0 Å². The molecule has 4 atom stereocenters. The largest absolute Gasteiger partial charge is 0.497 e. The van der Waals surface area contributed by atoms with Crippen molar-refractivity contribution < 1.29 is 19.0 Å². The Balaban J connectivity index is 2.08. The van der Waals surface area contributed by atoms with Crippen LogP contribution in [-0.2, 0) is 19.0 Å². The van der Waals surface area contributed by atoms with E-state index >= 15 is 0 Å². The molecule has 0 unspecified atom stereocenters. The normalized spacial score (nSPS) is 42.2. The molecule has 0 saturated heterocycles. The zero-order valence-electron chi connectivity index (χ0n) is 9.25. The molecule has 0 N–H and O–H groups in total. The quantitative estimate of drug-likeness (QED) is 0.514. The van der Waals surface area contributed by atoms with Gasteiger partial charge in [-0.25, -0.2) is 0 Å². The number of ketones is 1. The molecule has 0 aromatic carbocycles. The van der Waals surface area contributed by atoms with Crippen LogP contribution in [0.15, 0.2) is 24.5 Å². The summed E-state index contributed by atoms with van der Waals surface area (Å²) in [5, 5.41) is 0. The number of hydrogen-bond donors (Lipinski definition) is 0. The van der Waals surface area contributed by atoms with Gasteiger partial charge in [-0.3, -0.25) is 4.79 Å². The van der Waals surface area contributed by atoms with E-state index in [1.54, 1.807) is 6.26 Å². The monoisotopic (exact) mass is 222 g/mol. The van der Waals surface area contributed by atoms with E-state index in [0.29, 0.717) is 0 Å². The fourth-order valence-corrected chi connectivity index (χ4v) is 3.11. The van der Waals surface area contributed by atoms with Crippen LogP contribution in [0.25, 0.3) is 0 Å². The van der Waals surface area contributed by atoms with Gasteiger partial charge in [0.15, 0.2) is 5.78 Å². The van der Waals surface area contributed by atoms with E-state index in [1.807, 2.05) is 18.2 Å². The van der Waals surface area contributed by atoms with Crippen molar-refractivity contribution in [1.29, 1.82) is 0 Å². The highest BCUT2D eigenvalue weighted by atomic mass is 16.7. The maximum Gasteiger partial charge on any atom is 0.239 e. The lowest BCUT2D eigenvalue weighted by Crippen LogP contribution is -2.63. The Kier molecular flexibility index (Phi) is 2.00. The second kappa shape index (κ2) is 3.18. The van der Waals surface area contributed by atoms with Crippen molar-refractivity contribution in [2.45, 2.75) is 11.9 Å². The number of ether oxygens (including phenoxy) is 3. The Labute approximate surface area is 93.9 Å². The molecule has 4 nitrogen and oxygen atoms in total. The van der Waals surface area contributed by atoms with Gasteiger partial charge in [0.25, 0.3) is 0 Å². The second-order valence-corrected chi connectivity index (χ2v) is 4.38. The molecule has 0 radical (unpaired) electrons. The molecule has 0 spiro atoms. The summed E-state index contributed by atoms with van der Waals surface area (Å²) >= 11 is 0. The van der Waals surface area contributed by atoms with Crippen molar-refractivity contribution in [3.63, 3.8) is 0 Å². The molecule has 0 amide bonds. The van der Waals surface area contributed by atoms with Crippen LogP contribution in [0.5, 0.6) is 0 Å². The third kappa shape index (κ3) is 0.942. The van der Waals surface area contributed by atoms with Gasteiger partial charge >= 0.3 is 0 Å².